The Labute approximate surface area is 114 Å². The van der Waals surface area contributed by atoms with Crippen molar-refractivity contribution in [3.63, 3.8) is 0 Å². The average Bonchev–Trinajstić information content (AvgIpc) is 2.40. The summed E-state index contributed by atoms with van der Waals surface area (Å²) in [5.74, 6) is 0.910. The van der Waals surface area contributed by atoms with E-state index >= 15 is 0 Å². The molecule has 19 heavy (non-hydrogen) atoms. The Bertz CT molecular complexity index is 458. The van der Waals surface area contributed by atoms with Gasteiger partial charge >= 0.3 is 0 Å². The molecule has 3 fully saturated rings. The van der Waals surface area contributed by atoms with Crippen molar-refractivity contribution >= 4 is 5.78 Å². The second kappa shape index (κ2) is 3.92. The molecule has 0 aromatic heterocycles. The van der Waals surface area contributed by atoms with Crippen molar-refractivity contribution in [1.82, 2.24) is 4.90 Å². The molecule has 2 aliphatic carbocycles. The number of hydrogen-bond donors (Lipinski definition) is 1. The second-order valence-corrected chi connectivity index (χ2v) is 6.97. The van der Waals surface area contributed by atoms with Crippen LogP contribution in [0.3, 0.4) is 0 Å². The Morgan fingerprint density at radius 3 is 3.11 bits per heavy atom. The summed E-state index contributed by atoms with van der Waals surface area (Å²) in [4.78, 5) is 15.1. The maximum atomic E-state index is 12.5. The Morgan fingerprint density at radius 1 is 1.42 bits per heavy atom. The Hall–Kier alpha value is -0.670. The number of piperidine rings is 1. The number of hydrogen-bond acceptors (Lipinski definition) is 3. The highest BCUT2D eigenvalue weighted by Gasteiger charge is 2.61. The molecule has 0 aromatic carbocycles. The van der Waals surface area contributed by atoms with Crippen LogP contribution >= 0.6 is 0 Å². The molecule has 0 radical (unpaired) electrons. The van der Waals surface area contributed by atoms with Crippen molar-refractivity contribution in [1.29, 1.82) is 0 Å². The molecule has 3 heteroatoms. The third-order valence-electron chi connectivity index (χ3n) is 6.15. The van der Waals surface area contributed by atoms with E-state index in [9.17, 15) is 9.90 Å². The number of carbonyl (C=O) groups excluding carboxylic acids is 1. The van der Waals surface area contributed by atoms with Crippen LogP contribution < -0.4 is 0 Å². The fourth-order valence-electron chi connectivity index (χ4n) is 5.50. The Kier molecular flexibility index (Phi) is 2.50. The third-order valence-corrected chi connectivity index (χ3v) is 6.15. The van der Waals surface area contributed by atoms with E-state index < -0.39 is 0 Å². The summed E-state index contributed by atoms with van der Waals surface area (Å²) in [6.07, 6.45) is 7.09. The van der Waals surface area contributed by atoms with Crippen molar-refractivity contribution in [3.05, 3.63) is 11.6 Å². The van der Waals surface area contributed by atoms with E-state index in [-0.39, 0.29) is 23.5 Å². The minimum atomic E-state index is -0.278. The average molecular weight is 261 g/mol. The van der Waals surface area contributed by atoms with Crippen molar-refractivity contribution in [2.75, 3.05) is 13.1 Å². The smallest absolute Gasteiger partial charge is 0.143 e. The van der Waals surface area contributed by atoms with E-state index in [2.05, 4.69) is 17.9 Å². The highest BCUT2D eigenvalue weighted by Crippen LogP contribution is 2.57. The molecule has 0 aromatic rings. The van der Waals surface area contributed by atoms with Crippen LogP contribution in [0.15, 0.2) is 11.6 Å². The van der Waals surface area contributed by atoms with Gasteiger partial charge in [-0.2, -0.15) is 0 Å². The molecule has 104 valence electrons. The topological polar surface area (TPSA) is 40.5 Å². The van der Waals surface area contributed by atoms with Crippen LogP contribution in [0.2, 0.25) is 0 Å². The zero-order chi connectivity index (χ0) is 13.2. The Morgan fingerprint density at radius 2 is 2.26 bits per heavy atom. The van der Waals surface area contributed by atoms with Gasteiger partial charge < -0.3 is 5.11 Å². The number of rotatable bonds is 0. The number of carbonyl (C=O) groups is 1. The molecular weight excluding hydrogens is 238 g/mol. The lowest BCUT2D eigenvalue weighted by atomic mass is 9.51. The standard InChI is InChI=1S/C16H23NO2/c1-10-9-16-12-4-2-6-17(16)7-3-5-13(16)14(18)8-11(12)15(10)19/h4,10-11,13-14,18H,2-3,5-9H2,1H3/t10-,11+,13-,14+,16-/m0/s1. The minimum Gasteiger partial charge on any atom is -0.393 e. The normalized spacial score (nSPS) is 49.6. The molecule has 2 heterocycles. The van der Waals surface area contributed by atoms with E-state index in [1.54, 1.807) is 0 Å². The highest BCUT2D eigenvalue weighted by molar-refractivity contribution is 5.88. The van der Waals surface area contributed by atoms with Crippen LogP contribution in [0.5, 0.6) is 0 Å². The summed E-state index contributed by atoms with van der Waals surface area (Å²) in [5, 5.41) is 10.6. The summed E-state index contributed by atoms with van der Waals surface area (Å²) < 4.78 is 0. The molecule has 2 saturated carbocycles. The first-order valence-electron chi connectivity index (χ1n) is 7.82. The van der Waals surface area contributed by atoms with E-state index in [1.807, 2.05) is 0 Å². The summed E-state index contributed by atoms with van der Waals surface area (Å²) >= 11 is 0. The fraction of sp³-hybridized carbons (Fsp3) is 0.812. The van der Waals surface area contributed by atoms with Crippen molar-refractivity contribution in [2.24, 2.45) is 17.8 Å². The third kappa shape index (κ3) is 1.38. The minimum absolute atomic E-state index is 0.0101. The largest absolute Gasteiger partial charge is 0.393 e. The molecule has 1 saturated heterocycles. The first-order valence-corrected chi connectivity index (χ1v) is 7.82. The summed E-state index contributed by atoms with van der Waals surface area (Å²) in [5.41, 5.74) is 1.42. The molecular formula is C16H23NO2. The van der Waals surface area contributed by atoms with Crippen LogP contribution in [0.1, 0.15) is 39.0 Å². The van der Waals surface area contributed by atoms with Crippen LogP contribution in [0.4, 0.5) is 0 Å². The number of aliphatic hydroxyl groups is 1. The monoisotopic (exact) mass is 261 g/mol. The van der Waals surface area contributed by atoms with Crippen LogP contribution in [0.25, 0.3) is 0 Å². The van der Waals surface area contributed by atoms with Gasteiger partial charge in [0.2, 0.25) is 0 Å². The maximum absolute atomic E-state index is 12.5. The van der Waals surface area contributed by atoms with Gasteiger partial charge in [-0.3, -0.25) is 9.69 Å². The molecule has 1 N–H and O–H groups in total. The molecule has 5 atom stereocenters. The van der Waals surface area contributed by atoms with Gasteiger partial charge in [0.1, 0.15) is 5.78 Å². The van der Waals surface area contributed by atoms with Crippen LogP contribution in [-0.2, 0) is 4.79 Å². The van der Waals surface area contributed by atoms with Gasteiger partial charge in [-0.25, -0.2) is 0 Å². The fourth-order valence-corrected chi connectivity index (χ4v) is 5.50. The Balaban J connectivity index is 1.89. The maximum Gasteiger partial charge on any atom is 0.143 e. The molecule has 0 unspecified atom stereocenters. The number of Topliss-reactive ketones (excluding diaryl/α,β-unsaturated/α-hetero) is 1. The van der Waals surface area contributed by atoms with Crippen molar-refractivity contribution in [2.45, 2.75) is 50.7 Å². The van der Waals surface area contributed by atoms with E-state index in [0.29, 0.717) is 18.1 Å². The first kappa shape index (κ1) is 12.1. The zero-order valence-electron chi connectivity index (χ0n) is 11.6. The highest BCUT2D eigenvalue weighted by atomic mass is 16.3. The molecule has 1 spiro atoms. The van der Waals surface area contributed by atoms with Gasteiger partial charge in [-0.15, -0.1) is 0 Å². The number of aliphatic hydroxyl groups excluding tert-OH is 1. The van der Waals surface area contributed by atoms with E-state index in [0.717, 1.165) is 32.4 Å². The lowest BCUT2D eigenvalue weighted by molar-refractivity contribution is -0.146. The van der Waals surface area contributed by atoms with E-state index in [1.165, 1.54) is 12.0 Å². The van der Waals surface area contributed by atoms with Gasteiger partial charge in [0.15, 0.2) is 0 Å². The van der Waals surface area contributed by atoms with Crippen molar-refractivity contribution in [3.8, 4) is 0 Å². The van der Waals surface area contributed by atoms with E-state index in [4.69, 9.17) is 0 Å². The number of nitrogens with zero attached hydrogens (tertiary/aromatic N) is 1. The SMILES string of the molecule is C[C@H]1C[C@@]23C4=CCCN2CCC[C@H]3[C@H](O)C[C@H]4C1=O. The van der Waals surface area contributed by atoms with Gasteiger partial charge in [-0.05, 0) is 44.2 Å². The summed E-state index contributed by atoms with van der Waals surface area (Å²) in [7, 11) is 0. The van der Waals surface area contributed by atoms with Gasteiger partial charge in [0.05, 0.1) is 6.10 Å². The predicted octanol–water partition coefficient (Wildman–Crippen LogP) is 1.76. The predicted molar refractivity (Wildman–Crippen MR) is 72.6 cm³/mol. The molecule has 4 aliphatic rings. The van der Waals surface area contributed by atoms with Gasteiger partial charge in [0, 0.05) is 29.8 Å². The second-order valence-electron chi connectivity index (χ2n) is 6.97. The molecule has 0 amide bonds. The quantitative estimate of drug-likeness (QED) is 0.675. The lowest BCUT2D eigenvalue weighted by Crippen LogP contribution is -2.69. The van der Waals surface area contributed by atoms with Gasteiger partial charge in [-0.1, -0.05) is 13.0 Å². The summed E-state index contributed by atoms with van der Waals surface area (Å²) in [6.45, 7) is 4.35. The van der Waals surface area contributed by atoms with Crippen LogP contribution in [-0.4, -0.2) is 40.5 Å². The molecule has 2 bridgehead atoms. The van der Waals surface area contributed by atoms with Crippen LogP contribution in [0, 0.1) is 17.8 Å². The lowest BCUT2D eigenvalue weighted by Gasteiger charge is -2.63. The molecule has 4 rings (SSSR count). The zero-order valence-corrected chi connectivity index (χ0v) is 11.6. The first-order chi connectivity index (χ1) is 9.14. The molecule has 2 aliphatic heterocycles. The molecule has 3 nitrogen and oxygen atoms in total. The number of ketones is 1. The van der Waals surface area contributed by atoms with Crippen molar-refractivity contribution < 1.29 is 9.90 Å². The summed E-state index contributed by atoms with van der Waals surface area (Å²) in [6, 6.07) is 0. The van der Waals surface area contributed by atoms with Gasteiger partial charge in [0.25, 0.3) is 0 Å².